The number of carbonyl (C=O) groups excluding carboxylic acids is 3. The summed E-state index contributed by atoms with van der Waals surface area (Å²) in [5.41, 5.74) is 4.89. The van der Waals surface area contributed by atoms with Gasteiger partial charge in [-0.15, -0.1) is 0 Å². The maximum absolute atomic E-state index is 15.9. The zero-order valence-electron chi connectivity index (χ0n) is 19.3. The molecule has 0 unspecified atom stereocenters. The quantitative estimate of drug-likeness (QED) is 0.623. The molecule has 174 valence electrons. The average molecular weight is 461 g/mol. The van der Waals surface area contributed by atoms with Crippen molar-refractivity contribution >= 4 is 39.9 Å². The number of hydrogen-bond acceptors (Lipinski definition) is 3. The van der Waals surface area contributed by atoms with E-state index in [1.807, 2.05) is 24.3 Å². The number of fused-ring (bicyclic) bond motifs is 2. The van der Waals surface area contributed by atoms with Gasteiger partial charge in [-0.3, -0.25) is 14.4 Å². The van der Waals surface area contributed by atoms with E-state index in [4.69, 9.17) is 0 Å². The minimum atomic E-state index is -0.453. The molecule has 0 spiro atoms. The number of aromatic nitrogens is 1. The zero-order valence-corrected chi connectivity index (χ0v) is 19.3. The van der Waals surface area contributed by atoms with Crippen molar-refractivity contribution in [3.05, 3.63) is 59.0 Å². The number of rotatable bonds is 3. The van der Waals surface area contributed by atoms with Crippen LogP contribution >= 0.6 is 0 Å². The standard InChI is InChI=1S/C26H25FN4O3/c1-14(32)31-8-4-5-16(13-31)19-11-18(15-6-7-21-17(9-15)10-23(33)28-21)20-12-22(26(34)30(2)3)29-25(20)24(19)27/h5-7,9,11-12,29H,4,8,10,13H2,1-3H3,(H,28,33). The smallest absolute Gasteiger partial charge is 0.269 e. The first-order valence-corrected chi connectivity index (χ1v) is 11.2. The highest BCUT2D eigenvalue weighted by atomic mass is 19.1. The highest BCUT2D eigenvalue weighted by Gasteiger charge is 2.25. The zero-order chi connectivity index (χ0) is 24.1. The normalized spacial score (nSPS) is 15.2. The second-order valence-corrected chi connectivity index (χ2v) is 9.01. The molecule has 8 heteroatoms. The summed E-state index contributed by atoms with van der Waals surface area (Å²) in [7, 11) is 3.29. The molecular weight excluding hydrogens is 435 g/mol. The number of H-pyrrole nitrogens is 1. The van der Waals surface area contributed by atoms with Gasteiger partial charge in [0.05, 0.1) is 11.9 Å². The van der Waals surface area contributed by atoms with Crippen molar-refractivity contribution in [2.75, 3.05) is 32.5 Å². The van der Waals surface area contributed by atoms with Crippen LogP contribution in [-0.2, 0) is 16.0 Å². The molecule has 0 bridgehead atoms. The number of halogens is 1. The lowest BCUT2D eigenvalue weighted by Crippen LogP contribution is -2.33. The minimum Gasteiger partial charge on any atom is -0.348 e. The van der Waals surface area contributed by atoms with Crippen LogP contribution in [0.25, 0.3) is 27.6 Å². The number of anilines is 1. The van der Waals surface area contributed by atoms with Gasteiger partial charge in [-0.05, 0) is 52.9 Å². The van der Waals surface area contributed by atoms with Crippen molar-refractivity contribution in [2.45, 2.75) is 19.8 Å². The summed E-state index contributed by atoms with van der Waals surface area (Å²) >= 11 is 0. The lowest BCUT2D eigenvalue weighted by Gasteiger charge is -2.27. The Hall–Kier alpha value is -3.94. The van der Waals surface area contributed by atoms with Crippen LogP contribution in [0.5, 0.6) is 0 Å². The fourth-order valence-corrected chi connectivity index (χ4v) is 4.69. The predicted octanol–water partition coefficient (Wildman–Crippen LogP) is 3.81. The third-order valence-electron chi connectivity index (χ3n) is 6.47. The first-order valence-electron chi connectivity index (χ1n) is 11.2. The highest BCUT2D eigenvalue weighted by molar-refractivity contribution is 6.05. The van der Waals surface area contributed by atoms with Crippen molar-refractivity contribution in [1.82, 2.24) is 14.8 Å². The van der Waals surface area contributed by atoms with Gasteiger partial charge in [0.1, 0.15) is 5.69 Å². The number of benzene rings is 2. The molecule has 3 heterocycles. The van der Waals surface area contributed by atoms with E-state index >= 15 is 4.39 Å². The highest BCUT2D eigenvalue weighted by Crippen LogP contribution is 2.38. The van der Waals surface area contributed by atoms with Crippen molar-refractivity contribution in [1.29, 1.82) is 0 Å². The molecule has 2 N–H and O–H groups in total. The minimum absolute atomic E-state index is 0.0539. The molecule has 0 saturated heterocycles. The van der Waals surface area contributed by atoms with Crippen LogP contribution in [0, 0.1) is 5.82 Å². The van der Waals surface area contributed by atoms with Crippen LogP contribution in [0.1, 0.15) is 35.0 Å². The van der Waals surface area contributed by atoms with E-state index in [2.05, 4.69) is 10.3 Å². The Labute approximate surface area is 196 Å². The molecule has 0 aliphatic carbocycles. The van der Waals surface area contributed by atoms with Crippen LogP contribution in [0.4, 0.5) is 10.1 Å². The lowest BCUT2D eigenvalue weighted by atomic mass is 9.92. The van der Waals surface area contributed by atoms with E-state index in [1.165, 1.54) is 11.8 Å². The summed E-state index contributed by atoms with van der Waals surface area (Å²) < 4.78 is 15.9. The van der Waals surface area contributed by atoms with Gasteiger partial charge in [0.2, 0.25) is 11.8 Å². The summed E-state index contributed by atoms with van der Waals surface area (Å²) in [6.45, 7) is 2.44. The SMILES string of the molecule is CC(=O)N1CCC=C(c2cc(-c3ccc4c(c3)CC(=O)N4)c3cc(C(=O)N(C)C)[nH]c3c2F)C1. The van der Waals surface area contributed by atoms with Crippen LogP contribution in [-0.4, -0.2) is 59.7 Å². The number of carbonyl (C=O) groups is 3. The van der Waals surface area contributed by atoms with Gasteiger partial charge in [-0.1, -0.05) is 12.1 Å². The molecular formula is C26H25FN4O3. The van der Waals surface area contributed by atoms with Gasteiger partial charge in [-0.25, -0.2) is 4.39 Å². The van der Waals surface area contributed by atoms with Crippen molar-refractivity contribution in [2.24, 2.45) is 0 Å². The molecule has 2 aliphatic rings. The second-order valence-electron chi connectivity index (χ2n) is 9.01. The maximum atomic E-state index is 15.9. The molecule has 1 aromatic heterocycles. The first kappa shape index (κ1) is 21.9. The number of amides is 3. The van der Waals surface area contributed by atoms with Crippen LogP contribution in [0.2, 0.25) is 0 Å². The van der Waals surface area contributed by atoms with Gasteiger partial charge < -0.3 is 20.1 Å². The van der Waals surface area contributed by atoms with Gasteiger partial charge in [0.25, 0.3) is 5.91 Å². The molecule has 0 saturated carbocycles. The fraction of sp³-hybridized carbons (Fsp3) is 0.269. The number of aromatic amines is 1. The molecule has 34 heavy (non-hydrogen) atoms. The Morgan fingerprint density at radius 2 is 1.91 bits per heavy atom. The summed E-state index contributed by atoms with van der Waals surface area (Å²) in [5.74, 6) is -0.825. The number of nitrogens with one attached hydrogen (secondary N) is 2. The summed E-state index contributed by atoms with van der Waals surface area (Å²) in [5, 5.41) is 3.42. The number of hydrogen-bond donors (Lipinski definition) is 2. The Kier molecular flexibility index (Phi) is 5.23. The molecule has 2 aliphatic heterocycles. The van der Waals surface area contributed by atoms with Crippen LogP contribution in [0.15, 0.2) is 36.4 Å². The largest absolute Gasteiger partial charge is 0.348 e. The van der Waals surface area contributed by atoms with Crippen LogP contribution in [0.3, 0.4) is 0 Å². The van der Waals surface area contributed by atoms with Crippen molar-refractivity contribution in [3.63, 3.8) is 0 Å². The van der Waals surface area contributed by atoms with Gasteiger partial charge in [-0.2, -0.15) is 0 Å². The van der Waals surface area contributed by atoms with Crippen molar-refractivity contribution in [3.8, 4) is 11.1 Å². The third-order valence-corrected chi connectivity index (χ3v) is 6.47. The Bertz CT molecular complexity index is 1400. The van der Waals surface area contributed by atoms with E-state index in [0.717, 1.165) is 28.0 Å². The van der Waals surface area contributed by atoms with Gasteiger partial charge in [0.15, 0.2) is 5.82 Å². The molecule has 3 aromatic rings. The Morgan fingerprint density at radius 1 is 1.12 bits per heavy atom. The van der Waals surface area contributed by atoms with E-state index in [0.29, 0.717) is 36.2 Å². The molecule has 7 nitrogen and oxygen atoms in total. The Morgan fingerprint density at radius 3 is 2.65 bits per heavy atom. The average Bonchev–Trinajstić information content (AvgIpc) is 3.42. The van der Waals surface area contributed by atoms with E-state index < -0.39 is 5.82 Å². The first-order chi connectivity index (χ1) is 16.2. The van der Waals surface area contributed by atoms with Gasteiger partial charge >= 0.3 is 0 Å². The molecule has 0 atom stereocenters. The molecule has 0 radical (unpaired) electrons. The summed E-state index contributed by atoms with van der Waals surface area (Å²) in [6.07, 6.45) is 2.90. The summed E-state index contributed by atoms with van der Waals surface area (Å²) in [6, 6.07) is 9.13. The van der Waals surface area contributed by atoms with E-state index in [9.17, 15) is 14.4 Å². The van der Waals surface area contributed by atoms with Gasteiger partial charge in [0, 0.05) is 50.7 Å². The maximum Gasteiger partial charge on any atom is 0.269 e. The molecule has 2 aromatic carbocycles. The third kappa shape index (κ3) is 3.65. The molecule has 5 rings (SSSR count). The monoisotopic (exact) mass is 460 g/mol. The van der Waals surface area contributed by atoms with E-state index in [1.54, 1.807) is 31.1 Å². The molecule has 3 amide bonds. The van der Waals surface area contributed by atoms with Crippen LogP contribution < -0.4 is 5.32 Å². The van der Waals surface area contributed by atoms with E-state index in [-0.39, 0.29) is 29.7 Å². The number of nitrogens with zero attached hydrogens (tertiary/aromatic N) is 2. The predicted molar refractivity (Wildman–Crippen MR) is 129 cm³/mol. The summed E-state index contributed by atoms with van der Waals surface area (Å²) in [4.78, 5) is 42.6. The second kappa shape index (κ2) is 8.13. The topological polar surface area (TPSA) is 85.5 Å². The lowest BCUT2D eigenvalue weighted by molar-refractivity contribution is -0.128. The van der Waals surface area contributed by atoms with Crippen molar-refractivity contribution < 1.29 is 18.8 Å². The fourth-order valence-electron chi connectivity index (χ4n) is 4.69. The Balaban J connectivity index is 1.72. The molecule has 0 fully saturated rings.